The van der Waals surface area contributed by atoms with Crippen LogP contribution in [-0.4, -0.2) is 35.4 Å². The van der Waals surface area contributed by atoms with Gasteiger partial charge in [0.2, 0.25) is 0 Å². The van der Waals surface area contributed by atoms with Crippen molar-refractivity contribution in [3.8, 4) is 5.75 Å². The molecule has 0 bridgehead atoms. The normalized spacial score (nSPS) is 11.9. The van der Waals surface area contributed by atoms with Gasteiger partial charge in [0.15, 0.2) is 11.8 Å². The number of hydrogen-bond acceptors (Lipinski definition) is 6. The summed E-state index contributed by atoms with van der Waals surface area (Å²) in [5.41, 5.74) is 1.65. The van der Waals surface area contributed by atoms with E-state index in [9.17, 15) is 14.9 Å². The van der Waals surface area contributed by atoms with Crippen LogP contribution in [0, 0.1) is 10.1 Å². The van der Waals surface area contributed by atoms with Crippen molar-refractivity contribution in [3.05, 3.63) is 106 Å². The zero-order valence-corrected chi connectivity index (χ0v) is 19.7. The van der Waals surface area contributed by atoms with Gasteiger partial charge in [-0.05, 0) is 26.8 Å². The second-order valence-corrected chi connectivity index (χ2v) is 8.69. The van der Waals surface area contributed by atoms with Crippen molar-refractivity contribution >= 4 is 17.4 Å². The topological polar surface area (TPSA) is 91.0 Å². The van der Waals surface area contributed by atoms with E-state index in [1.165, 1.54) is 13.2 Å². The Bertz CT molecular complexity index is 1130. The first-order chi connectivity index (χ1) is 16.2. The van der Waals surface area contributed by atoms with Crippen molar-refractivity contribution in [3.63, 3.8) is 0 Å². The second-order valence-electron chi connectivity index (χ2n) is 8.69. The van der Waals surface area contributed by atoms with Crippen molar-refractivity contribution in [1.82, 2.24) is 0 Å². The molecule has 7 heteroatoms. The third kappa shape index (κ3) is 6.28. The summed E-state index contributed by atoms with van der Waals surface area (Å²) in [5.74, 6) is -0.435. The van der Waals surface area contributed by atoms with Gasteiger partial charge in [0.05, 0.1) is 17.7 Å². The van der Waals surface area contributed by atoms with Crippen LogP contribution in [0.3, 0.4) is 0 Å². The van der Waals surface area contributed by atoms with Gasteiger partial charge in [-0.2, -0.15) is 0 Å². The van der Waals surface area contributed by atoms with Crippen LogP contribution in [0.4, 0.5) is 5.69 Å². The van der Waals surface area contributed by atoms with E-state index in [0.29, 0.717) is 11.3 Å². The highest BCUT2D eigenvalue weighted by Gasteiger charge is 2.30. The molecule has 0 N–H and O–H groups in total. The first kappa shape index (κ1) is 24.6. The van der Waals surface area contributed by atoms with Crippen LogP contribution < -0.4 is 4.74 Å². The first-order valence-corrected chi connectivity index (χ1v) is 10.9. The maximum Gasteiger partial charge on any atom is 0.331 e. The second kappa shape index (κ2) is 10.7. The number of carbonyl (C=O) groups is 1. The van der Waals surface area contributed by atoms with Crippen LogP contribution in [0.5, 0.6) is 5.75 Å². The SMILES string of the molecule is COc1cccc(C[C@H](N=C(c2ccccc2)c2ccccc2)C(=O)OC(C)(C)C)c1[N+](=O)[O-]. The van der Waals surface area contributed by atoms with Crippen LogP contribution in [-0.2, 0) is 16.0 Å². The number of para-hydroxylation sites is 1. The number of benzene rings is 3. The molecule has 0 aliphatic carbocycles. The van der Waals surface area contributed by atoms with E-state index in [-0.39, 0.29) is 17.9 Å². The van der Waals surface area contributed by atoms with Crippen molar-refractivity contribution in [2.75, 3.05) is 7.11 Å². The Labute approximate surface area is 199 Å². The van der Waals surface area contributed by atoms with Crippen LogP contribution in [0.1, 0.15) is 37.5 Å². The van der Waals surface area contributed by atoms with Gasteiger partial charge in [-0.25, -0.2) is 4.79 Å². The lowest BCUT2D eigenvalue weighted by molar-refractivity contribution is -0.386. The first-order valence-electron chi connectivity index (χ1n) is 10.9. The van der Waals surface area contributed by atoms with Crippen LogP contribution in [0.2, 0.25) is 0 Å². The summed E-state index contributed by atoms with van der Waals surface area (Å²) < 4.78 is 10.9. The summed E-state index contributed by atoms with van der Waals surface area (Å²) in [6.45, 7) is 5.32. The molecule has 0 unspecified atom stereocenters. The molecular weight excluding hydrogens is 432 g/mol. The fourth-order valence-corrected chi connectivity index (χ4v) is 3.53. The molecule has 0 fully saturated rings. The van der Waals surface area contributed by atoms with Gasteiger partial charge in [-0.1, -0.05) is 72.8 Å². The number of nitro benzene ring substituents is 1. The molecule has 3 aromatic carbocycles. The predicted molar refractivity (Wildman–Crippen MR) is 132 cm³/mol. The van der Waals surface area contributed by atoms with Gasteiger partial charge in [0.1, 0.15) is 5.60 Å². The maximum absolute atomic E-state index is 13.3. The summed E-state index contributed by atoms with van der Waals surface area (Å²) in [4.78, 5) is 29.4. The third-order valence-electron chi connectivity index (χ3n) is 4.96. The van der Waals surface area contributed by atoms with Crippen molar-refractivity contribution in [2.24, 2.45) is 4.99 Å². The molecule has 3 aromatic rings. The summed E-state index contributed by atoms with van der Waals surface area (Å²) in [7, 11) is 1.37. The van der Waals surface area contributed by atoms with Gasteiger partial charge in [-0.3, -0.25) is 15.1 Å². The van der Waals surface area contributed by atoms with E-state index < -0.39 is 22.5 Å². The largest absolute Gasteiger partial charge is 0.490 e. The Hall–Kier alpha value is -4.00. The molecule has 0 radical (unpaired) electrons. The molecule has 0 heterocycles. The number of methoxy groups -OCH3 is 1. The highest BCUT2D eigenvalue weighted by molar-refractivity contribution is 6.13. The van der Waals surface area contributed by atoms with E-state index >= 15 is 0 Å². The number of nitro groups is 1. The van der Waals surface area contributed by atoms with Gasteiger partial charge >= 0.3 is 11.7 Å². The van der Waals surface area contributed by atoms with Crippen molar-refractivity contribution in [1.29, 1.82) is 0 Å². The molecule has 1 atom stereocenters. The van der Waals surface area contributed by atoms with E-state index in [0.717, 1.165) is 11.1 Å². The molecule has 176 valence electrons. The lowest BCUT2D eigenvalue weighted by Gasteiger charge is -2.23. The monoisotopic (exact) mass is 460 g/mol. The summed E-state index contributed by atoms with van der Waals surface area (Å²) in [6, 6.07) is 22.8. The van der Waals surface area contributed by atoms with Crippen LogP contribution in [0.15, 0.2) is 83.9 Å². The zero-order valence-electron chi connectivity index (χ0n) is 19.7. The predicted octanol–water partition coefficient (Wildman–Crippen LogP) is 5.39. The molecule has 0 aliphatic rings. The van der Waals surface area contributed by atoms with Crippen molar-refractivity contribution < 1.29 is 19.2 Å². The fraction of sp³-hybridized carbons (Fsp3) is 0.259. The van der Waals surface area contributed by atoms with E-state index in [4.69, 9.17) is 14.5 Å². The molecule has 7 nitrogen and oxygen atoms in total. The Kier molecular flexibility index (Phi) is 7.79. The van der Waals surface area contributed by atoms with Crippen LogP contribution in [0.25, 0.3) is 0 Å². The molecule has 34 heavy (non-hydrogen) atoms. The minimum atomic E-state index is -1.01. The highest BCUT2D eigenvalue weighted by Crippen LogP contribution is 2.32. The molecular formula is C27H28N2O5. The van der Waals surface area contributed by atoms with E-state index in [1.54, 1.807) is 32.9 Å². The molecule has 0 saturated carbocycles. The quantitative estimate of drug-likeness (QED) is 0.194. The summed E-state index contributed by atoms with van der Waals surface area (Å²) >= 11 is 0. The smallest absolute Gasteiger partial charge is 0.331 e. The Morgan fingerprint density at radius 3 is 1.97 bits per heavy atom. The standard InChI is InChI=1S/C27H28N2O5/c1-27(2,3)34-26(30)22(18-21-16-11-17-23(33-4)25(21)29(31)32)28-24(19-12-7-5-8-13-19)20-14-9-6-10-15-20/h5-17,22H,18H2,1-4H3/t22-/m0/s1. The highest BCUT2D eigenvalue weighted by atomic mass is 16.6. The lowest BCUT2D eigenvalue weighted by Crippen LogP contribution is -2.33. The average molecular weight is 461 g/mol. The maximum atomic E-state index is 13.3. The van der Waals surface area contributed by atoms with Crippen LogP contribution >= 0.6 is 0 Å². The number of carbonyl (C=O) groups excluding carboxylic acids is 1. The number of rotatable bonds is 8. The number of nitrogens with zero attached hydrogens (tertiary/aromatic N) is 2. The summed E-state index contributed by atoms with van der Waals surface area (Å²) in [5, 5.41) is 11.8. The third-order valence-corrected chi connectivity index (χ3v) is 4.96. The average Bonchev–Trinajstić information content (AvgIpc) is 2.81. The lowest BCUT2D eigenvalue weighted by atomic mass is 9.99. The number of hydrogen-bond donors (Lipinski definition) is 0. The number of esters is 1. The Morgan fingerprint density at radius 1 is 0.941 bits per heavy atom. The Balaban J connectivity index is 2.15. The van der Waals surface area contributed by atoms with Gasteiger partial charge < -0.3 is 9.47 Å². The van der Waals surface area contributed by atoms with Crippen molar-refractivity contribution in [2.45, 2.75) is 38.8 Å². The van der Waals surface area contributed by atoms with E-state index in [2.05, 4.69) is 0 Å². The minimum Gasteiger partial charge on any atom is -0.490 e. The van der Waals surface area contributed by atoms with Gasteiger partial charge in [0.25, 0.3) is 0 Å². The molecule has 3 rings (SSSR count). The fourth-order valence-electron chi connectivity index (χ4n) is 3.53. The number of ether oxygens (including phenoxy) is 2. The minimum absolute atomic E-state index is 0.0222. The zero-order chi connectivity index (χ0) is 24.7. The molecule has 0 aromatic heterocycles. The molecule has 0 aliphatic heterocycles. The van der Waals surface area contributed by atoms with Gasteiger partial charge in [0, 0.05) is 23.1 Å². The van der Waals surface area contributed by atoms with E-state index in [1.807, 2.05) is 60.7 Å². The van der Waals surface area contributed by atoms with Gasteiger partial charge in [-0.15, -0.1) is 0 Å². The molecule has 0 spiro atoms. The Morgan fingerprint density at radius 2 is 1.50 bits per heavy atom. The molecule has 0 saturated heterocycles. The number of aliphatic imine (C=N–C) groups is 1. The molecule has 0 amide bonds. The summed E-state index contributed by atoms with van der Waals surface area (Å²) in [6.07, 6.45) is -0.0222.